The quantitative estimate of drug-likeness (QED) is 0.224. The topological polar surface area (TPSA) is 215 Å². The fourth-order valence-electron chi connectivity index (χ4n) is 4.78. The molecule has 2 atom stereocenters. The van der Waals surface area contributed by atoms with Crippen LogP contribution in [0.15, 0.2) is 33.0 Å². The molecule has 2 aromatic heterocycles. The largest absolute Gasteiger partial charge is 0.486 e. The molecule has 1 aromatic carbocycles. The van der Waals surface area contributed by atoms with Gasteiger partial charge in [0.1, 0.15) is 25.6 Å². The average Bonchev–Trinajstić information content (AvgIpc) is 3.33. The first-order chi connectivity index (χ1) is 21.2. The summed E-state index contributed by atoms with van der Waals surface area (Å²) in [6.07, 6.45) is 3.89. The first-order valence-electron chi connectivity index (χ1n) is 14.1. The van der Waals surface area contributed by atoms with E-state index in [0.717, 1.165) is 33.8 Å². The molecule has 2 aliphatic rings. The summed E-state index contributed by atoms with van der Waals surface area (Å²) >= 11 is 5.14. The van der Waals surface area contributed by atoms with Gasteiger partial charge in [-0.05, 0) is 67.1 Å². The normalized spacial score (nSPS) is 16.4. The lowest BCUT2D eigenvalue weighted by Crippen LogP contribution is -2.45. The number of benzene rings is 1. The summed E-state index contributed by atoms with van der Waals surface area (Å²) in [5.74, 6) is 1.37. The molecular weight excluding hydrogens is 694 g/mol. The summed E-state index contributed by atoms with van der Waals surface area (Å²) in [4.78, 5) is 40.6. The molecule has 2 aliphatic heterocycles. The number of anilines is 1. The Balaban J connectivity index is 0.000000854. The SMILES string of the molecule is CS(=O)(=O)O.C[C@H](N)C(=O)O[C@H](C)C(=O)N1CCC(CCn2c(Sc3cc4c(cc3Br)OCCO4)nc3c(N)ncnc32)CC1. The number of halogens is 1. The van der Waals surface area contributed by atoms with Gasteiger partial charge in [-0.2, -0.15) is 8.42 Å². The number of carbonyl (C=O) groups excluding carboxylic acids is 2. The molecular formula is C27H36BrN7O8S2. The minimum atomic E-state index is -3.67. The first kappa shape index (κ1) is 34.7. The number of fused-ring (bicyclic) bond motifs is 2. The summed E-state index contributed by atoms with van der Waals surface area (Å²) in [6, 6.07) is 3.09. The molecule has 0 radical (unpaired) electrons. The lowest BCUT2D eigenvalue weighted by Gasteiger charge is -2.33. The number of imidazole rings is 1. The second kappa shape index (κ2) is 14.9. The van der Waals surface area contributed by atoms with E-state index in [-0.39, 0.29) is 5.91 Å². The van der Waals surface area contributed by atoms with Gasteiger partial charge in [-0.25, -0.2) is 15.0 Å². The number of carbonyl (C=O) groups is 2. The fourth-order valence-corrected chi connectivity index (χ4v) is 6.29. The highest BCUT2D eigenvalue weighted by Crippen LogP contribution is 2.42. The molecule has 1 saturated heterocycles. The van der Waals surface area contributed by atoms with Gasteiger partial charge in [-0.1, -0.05) is 11.8 Å². The van der Waals surface area contributed by atoms with Crippen molar-refractivity contribution >= 4 is 66.7 Å². The van der Waals surface area contributed by atoms with Gasteiger partial charge >= 0.3 is 5.97 Å². The monoisotopic (exact) mass is 729 g/mol. The van der Waals surface area contributed by atoms with E-state index in [1.54, 1.807) is 11.8 Å². The number of hydrogen-bond donors (Lipinski definition) is 3. The van der Waals surface area contributed by atoms with E-state index < -0.39 is 28.2 Å². The standard InChI is InChI=1S/C26H32BrN7O5S.CH4O3S/c1-14(28)25(36)39-15(2)24(35)33-6-3-16(4-7-33)5-8-34-23-21(22(29)30-13-31-23)32-26(34)40-20-12-19-18(11-17(20)27)37-9-10-38-19;1-5(2,3)4/h11-16H,3-10,28H2,1-2H3,(H2,29,30,31);1H3,(H,2,3,4)/t14-,15+;/m0./s1. The zero-order chi connectivity index (χ0) is 32.9. The fraction of sp³-hybridized carbons (Fsp3) is 0.519. The Morgan fingerprint density at radius 3 is 2.42 bits per heavy atom. The number of esters is 1. The van der Waals surface area contributed by atoms with Gasteiger partial charge in [-0.3, -0.25) is 14.1 Å². The number of nitrogens with two attached hydrogens (primary N) is 2. The lowest BCUT2D eigenvalue weighted by atomic mass is 9.93. The molecule has 3 aromatic rings. The third-order valence-corrected chi connectivity index (χ3v) is 8.99. The van der Waals surface area contributed by atoms with Crippen molar-refractivity contribution in [3.63, 3.8) is 0 Å². The van der Waals surface area contributed by atoms with Gasteiger partial charge in [0.05, 0.1) is 6.26 Å². The molecule has 15 nitrogen and oxygen atoms in total. The van der Waals surface area contributed by atoms with Gasteiger partial charge in [0.25, 0.3) is 16.0 Å². The molecule has 1 fully saturated rings. The number of likely N-dealkylation sites (tertiary alicyclic amines) is 1. The van der Waals surface area contributed by atoms with Crippen LogP contribution in [0.4, 0.5) is 5.82 Å². The van der Waals surface area contributed by atoms with E-state index in [1.165, 1.54) is 25.0 Å². The molecule has 18 heteroatoms. The van der Waals surface area contributed by atoms with Crippen molar-refractivity contribution in [2.24, 2.45) is 11.7 Å². The molecule has 0 saturated carbocycles. The van der Waals surface area contributed by atoms with E-state index in [4.69, 9.17) is 35.2 Å². The van der Waals surface area contributed by atoms with Crippen molar-refractivity contribution in [3.8, 4) is 11.5 Å². The lowest BCUT2D eigenvalue weighted by molar-refractivity contribution is -0.160. The minimum Gasteiger partial charge on any atom is -0.486 e. The van der Waals surface area contributed by atoms with E-state index >= 15 is 0 Å². The highest BCUT2D eigenvalue weighted by Gasteiger charge is 2.29. The van der Waals surface area contributed by atoms with E-state index in [9.17, 15) is 18.0 Å². The molecule has 5 rings (SSSR count). The third-order valence-electron chi connectivity index (χ3n) is 7.02. The molecule has 5 N–H and O–H groups in total. The van der Waals surface area contributed by atoms with Crippen molar-refractivity contribution in [3.05, 3.63) is 22.9 Å². The molecule has 0 bridgehead atoms. The van der Waals surface area contributed by atoms with Crippen molar-refractivity contribution < 1.29 is 36.8 Å². The Morgan fingerprint density at radius 2 is 1.80 bits per heavy atom. The van der Waals surface area contributed by atoms with Gasteiger partial charge in [-0.15, -0.1) is 0 Å². The Labute approximate surface area is 273 Å². The number of rotatable bonds is 8. The van der Waals surface area contributed by atoms with Crippen LogP contribution in [0.25, 0.3) is 11.2 Å². The maximum absolute atomic E-state index is 12.8. The molecule has 0 spiro atoms. The Kier molecular flexibility index (Phi) is 11.5. The van der Waals surface area contributed by atoms with Crippen molar-refractivity contribution in [2.45, 2.75) is 61.9 Å². The van der Waals surface area contributed by atoms with E-state index in [1.807, 2.05) is 12.1 Å². The van der Waals surface area contributed by atoms with Crippen LogP contribution in [0, 0.1) is 5.92 Å². The number of amides is 1. The van der Waals surface area contributed by atoms with Gasteiger partial charge in [0.15, 0.2) is 39.7 Å². The molecule has 45 heavy (non-hydrogen) atoms. The molecule has 246 valence electrons. The van der Waals surface area contributed by atoms with E-state index in [2.05, 4.69) is 30.5 Å². The second-order valence-corrected chi connectivity index (χ2v) is 14.0. The number of ether oxygens (including phenoxy) is 3. The first-order valence-corrected chi connectivity index (χ1v) is 17.6. The number of nitrogen functional groups attached to an aromatic ring is 1. The van der Waals surface area contributed by atoms with Crippen LogP contribution in [0.2, 0.25) is 0 Å². The zero-order valence-corrected chi connectivity index (χ0v) is 28.2. The summed E-state index contributed by atoms with van der Waals surface area (Å²) in [5, 5.41) is 0.747. The molecule has 1 amide bonds. The Morgan fingerprint density at radius 1 is 1.18 bits per heavy atom. The van der Waals surface area contributed by atoms with Gasteiger partial charge in [0.2, 0.25) is 0 Å². The Hall–Kier alpha value is -3.19. The molecule has 0 aliphatic carbocycles. The Bertz CT molecular complexity index is 1640. The summed E-state index contributed by atoms with van der Waals surface area (Å²) in [7, 11) is -3.67. The third kappa shape index (κ3) is 9.41. The van der Waals surface area contributed by atoms with Crippen molar-refractivity contribution in [1.82, 2.24) is 24.4 Å². The van der Waals surface area contributed by atoms with Crippen LogP contribution in [-0.2, 0) is 31.0 Å². The highest BCUT2D eigenvalue weighted by atomic mass is 79.9. The van der Waals surface area contributed by atoms with Gasteiger partial charge in [0, 0.05) is 29.0 Å². The van der Waals surface area contributed by atoms with Crippen LogP contribution in [0.1, 0.15) is 33.1 Å². The highest BCUT2D eigenvalue weighted by molar-refractivity contribution is 9.10. The van der Waals surface area contributed by atoms with Crippen molar-refractivity contribution in [1.29, 1.82) is 0 Å². The van der Waals surface area contributed by atoms with Crippen LogP contribution in [-0.4, -0.2) is 94.0 Å². The van der Waals surface area contributed by atoms with Crippen LogP contribution >= 0.6 is 27.7 Å². The maximum Gasteiger partial charge on any atom is 0.323 e. The smallest absolute Gasteiger partial charge is 0.323 e. The van der Waals surface area contributed by atoms with Crippen LogP contribution in [0.3, 0.4) is 0 Å². The molecule has 0 unspecified atom stereocenters. The zero-order valence-electron chi connectivity index (χ0n) is 25.0. The number of hydrogen-bond acceptors (Lipinski definition) is 13. The number of nitrogens with zero attached hydrogens (tertiary/aromatic N) is 5. The second-order valence-electron chi connectivity index (χ2n) is 10.7. The number of aromatic nitrogens is 4. The number of piperidine rings is 1. The van der Waals surface area contributed by atoms with Crippen molar-refractivity contribution in [2.75, 3.05) is 38.3 Å². The maximum atomic E-state index is 12.8. The minimum absolute atomic E-state index is 0.191. The van der Waals surface area contributed by atoms with Gasteiger partial charge < -0.3 is 35.1 Å². The number of aryl methyl sites for hydroxylation is 1. The molecule has 4 heterocycles. The summed E-state index contributed by atoms with van der Waals surface area (Å²) in [6.45, 7) is 6.04. The predicted octanol–water partition coefficient (Wildman–Crippen LogP) is 2.50. The summed E-state index contributed by atoms with van der Waals surface area (Å²) < 4.78 is 45.5. The van der Waals surface area contributed by atoms with Crippen LogP contribution < -0.4 is 20.9 Å². The predicted molar refractivity (Wildman–Crippen MR) is 170 cm³/mol. The summed E-state index contributed by atoms with van der Waals surface area (Å²) in [5.41, 5.74) is 12.9. The van der Waals surface area contributed by atoms with Crippen LogP contribution in [0.5, 0.6) is 11.5 Å². The average molecular weight is 731 g/mol. The van der Waals surface area contributed by atoms with E-state index in [0.29, 0.717) is 73.5 Å².